The number of carbonyl (C=O) groups is 1. The average Bonchev–Trinajstić information content (AvgIpc) is 3.25. The van der Waals surface area contributed by atoms with Gasteiger partial charge < -0.3 is 26.0 Å². The van der Waals surface area contributed by atoms with Crippen molar-refractivity contribution in [2.75, 3.05) is 31.3 Å². The number of amides is 1. The van der Waals surface area contributed by atoms with Crippen molar-refractivity contribution in [2.24, 2.45) is 5.73 Å². The van der Waals surface area contributed by atoms with Gasteiger partial charge in [-0.3, -0.25) is 4.79 Å². The number of nitrogens with one attached hydrogen (secondary N) is 2. The van der Waals surface area contributed by atoms with E-state index in [0.29, 0.717) is 18.3 Å². The summed E-state index contributed by atoms with van der Waals surface area (Å²) in [4.78, 5) is 27.0. The second-order valence-electron chi connectivity index (χ2n) is 7.03. The molecule has 3 heterocycles. The third-order valence-corrected chi connectivity index (χ3v) is 5.70. The van der Waals surface area contributed by atoms with Crippen molar-refractivity contribution in [1.29, 1.82) is 0 Å². The molecule has 1 amide bonds. The molecular weight excluding hydrogens is 402 g/mol. The zero-order chi connectivity index (χ0) is 21.1. The van der Waals surface area contributed by atoms with E-state index in [1.807, 2.05) is 5.38 Å². The number of benzene rings is 1. The fourth-order valence-electron chi connectivity index (χ4n) is 3.37. The molecule has 1 aliphatic heterocycles. The number of ether oxygens (including phenoxy) is 1. The highest BCUT2D eigenvalue weighted by molar-refractivity contribution is 7.09. The Hall–Kier alpha value is -3.24. The monoisotopic (exact) mass is 425 g/mol. The summed E-state index contributed by atoms with van der Waals surface area (Å²) in [5.74, 6) is 0.812. The Kier molecular flexibility index (Phi) is 5.77. The molecule has 0 atom stereocenters. The molecule has 0 fully saturated rings. The minimum atomic E-state index is -0.599. The van der Waals surface area contributed by atoms with Crippen LogP contribution in [-0.2, 0) is 19.5 Å². The second kappa shape index (κ2) is 8.64. The summed E-state index contributed by atoms with van der Waals surface area (Å²) in [6, 6.07) is 4.13. The lowest BCUT2D eigenvalue weighted by Gasteiger charge is -2.26. The van der Waals surface area contributed by atoms with E-state index in [1.54, 1.807) is 13.3 Å². The van der Waals surface area contributed by atoms with E-state index < -0.39 is 5.91 Å². The minimum absolute atomic E-state index is 0.219. The molecular formula is C20H23N7O2S. The highest BCUT2D eigenvalue weighted by Gasteiger charge is 2.18. The van der Waals surface area contributed by atoms with Gasteiger partial charge in [-0.25, -0.2) is 9.97 Å². The molecule has 156 valence electrons. The predicted octanol–water partition coefficient (Wildman–Crippen LogP) is 2.38. The smallest absolute Gasteiger partial charge is 0.254 e. The van der Waals surface area contributed by atoms with Crippen LogP contribution in [0, 0.1) is 0 Å². The number of fused-ring (bicyclic) bond motifs is 1. The van der Waals surface area contributed by atoms with Crippen molar-refractivity contribution < 1.29 is 9.53 Å². The first-order valence-corrected chi connectivity index (χ1v) is 10.4. The van der Waals surface area contributed by atoms with Crippen LogP contribution >= 0.6 is 11.3 Å². The Bertz CT molecular complexity index is 1060. The molecule has 0 radical (unpaired) electrons. The molecule has 10 heteroatoms. The lowest BCUT2D eigenvalue weighted by atomic mass is 9.99. The number of nitrogens with two attached hydrogens (primary N) is 1. The SMILES string of the molecule is COc1cc2c(cc1Nc1ncc(C(N)=O)c(NCc3nccs3)n1)CN(C)CC2. The molecule has 2 aromatic heterocycles. The van der Waals surface area contributed by atoms with Crippen LogP contribution in [-0.4, -0.2) is 46.5 Å². The topological polar surface area (TPSA) is 118 Å². The zero-order valence-electron chi connectivity index (χ0n) is 16.8. The van der Waals surface area contributed by atoms with E-state index in [4.69, 9.17) is 10.5 Å². The van der Waals surface area contributed by atoms with Crippen molar-refractivity contribution in [3.63, 3.8) is 0 Å². The van der Waals surface area contributed by atoms with Crippen LogP contribution in [0.3, 0.4) is 0 Å². The number of methoxy groups -OCH3 is 1. The van der Waals surface area contributed by atoms with Crippen LogP contribution < -0.4 is 21.1 Å². The van der Waals surface area contributed by atoms with E-state index in [-0.39, 0.29) is 5.56 Å². The lowest BCUT2D eigenvalue weighted by molar-refractivity contribution is 0.100. The summed E-state index contributed by atoms with van der Waals surface area (Å²) < 4.78 is 5.57. The van der Waals surface area contributed by atoms with E-state index >= 15 is 0 Å². The van der Waals surface area contributed by atoms with Crippen molar-refractivity contribution in [2.45, 2.75) is 19.5 Å². The lowest BCUT2D eigenvalue weighted by Crippen LogP contribution is -2.26. The van der Waals surface area contributed by atoms with Gasteiger partial charge in [-0.15, -0.1) is 11.3 Å². The summed E-state index contributed by atoms with van der Waals surface area (Å²) in [5.41, 5.74) is 8.99. The first kappa shape index (κ1) is 20.0. The van der Waals surface area contributed by atoms with Crippen molar-refractivity contribution in [3.8, 4) is 5.75 Å². The molecule has 4 rings (SSSR count). The number of hydrogen-bond donors (Lipinski definition) is 3. The number of likely N-dealkylation sites (N-methyl/N-ethyl adjacent to an activating group) is 1. The molecule has 1 aliphatic rings. The first-order valence-electron chi connectivity index (χ1n) is 9.48. The average molecular weight is 426 g/mol. The number of thiazole rings is 1. The molecule has 0 spiro atoms. The van der Waals surface area contributed by atoms with Crippen LogP contribution in [0.25, 0.3) is 0 Å². The van der Waals surface area contributed by atoms with E-state index in [2.05, 4.69) is 49.7 Å². The standard InChI is InChI=1S/C20H23N7O2S/c1-27-5-3-12-8-16(29-2)15(7-13(12)11-27)25-20-24-9-14(18(21)28)19(26-20)23-10-17-22-4-6-30-17/h4,6-9H,3,5,10-11H2,1-2H3,(H2,21,28)(H2,23,24,25,26). The van der Waals surface area contributed by atoms with E-state index in [0.717, 1.165) is 36.0 Å². The fraction of sp³-hybridized carbons (Fsp3) is 0.300. The summed E-state index contributed by atoms with van der Waals surface area (Å²) >= 11 is 1.51. The number of primary amides is 1. The number of anilines is 3. The molecule has 30 heavy (non-hydrogen) atoms. The zero-order valence-corrected chi connectivity index (χ0v) is 17.6. The highest BCUT2D eigenvalue weighted by atomic mass is 32.1. The Morgan fingerprint density at radius 3 is 2.93 bits per heavy atom. The Morgan fingerprint density at radius 1 is 1.33 bits per heavy atom. The predicted molar refractivity (Wildman–Crippen MR) is 116 cm³/mol. The van der Waals surface area contributed by atoms with Gasteiger partial charge >= 0.3 is 0 Å². The van der Waals surface area contributed by atoms with Gasteiger partial charge in [-0.05, 0) is 36.7 Å². The van der Waals surface area contributed by atoms with Gasteiger partial charge in [0.25, 0.3) is 5.91 Å². The first-order chi connectivity index (χ1) is 14.5. The van der Waals surface area contributed by atoms with Gasteiger partial charge in [0.05, 0.1) is 24.9 Å². The van der Waals surface area contributed by atoms with Gasteiger partial charge in [-0.2, -0.15) is 4.98 Å². The number of aromatic nitrogens is 3. The maximum Gasteiger partial charge on any atom is 0.254 e. The summed E-state index contributed by atoms with van der Waals surface area (Å²) in [6.07, 6.45) is 4.13. The molecule has 3 aromatic rings. The van der Waals surface area contributed by atoms with Crippen LogP contribution in [0.15, 0.2) is 29.9 Å². The molecule has 1 aromatic carbocycles. The summed E-state index contributed by atoms with van der Waals surface area (Å²) in [5, 5.41) is 9.10. The Morgan fingerprint density at radius 2 is 2.20 bits per heavy atom. The fourth-order valence-corrected chi connectivity index (χ4v) is 3.93. The third kappa shape index (κ3) is 4.34. The van der Waals surface area contributed by atoms with Gasteiger partial charge in [0, 0.05) is 30.9 Å². The van der Waals surface area contributed by atoms with Gasteiger partial charge in [0.1, 0.15) is 16.6 Å². The summed E-state index contributed by atoms with van der Waals surface area (Å²) in [6.45, 7) is 2.33. The number of carbonyl (C=O) groups excluding carboxylic acids is 1. The third-order valence-electron chi connectivity index (χ3n) is 4.92. The van der Waals surface area contributed by atoms with Crippen molar-refractivity contribution in [1.82, 2.24) is 19.9 Å². The quantitative estimate of drug-likeness (QED) is 0.528. The molecule has 0 bridgehead atoms. The van der Waals surface area contributed by atoms with Gasteiger partial charge in [0.2, 0.25) is 5.95 Å². The Labute approximate surface area is 178 Å². The minimum Gasteiger partial charge on any atom is -0.495 e. The molecule has 0 saturated carbocycles. The molecule has 4 N–H and O–H groups in total. The van der Waals surface area contributed by atoms with E-state index in [1.165, 1.54) is 28.7 Å². The largest absolute Gasteiger partial charge is 0.495 e. The molecule has 0 aliphatic carbocycles. The van der Waals surface area contributed by atoms with Crippen LogP contribution in [0.5, 0.6) is 5.75 Å². The van der Waals surface area contributed by atoms with E-state index in [9.17, 15) is 4.79 Å². The molecule has 0 unspecified atom stereocenters. The van der Waals surface area contributed by atoms with Crippen LogP contribution in [0.1, 0.15) is 26.5 Å². The number of rotatable bonds is 7. The molecule has 0 saturated heterocycles. The normalized spacial score (nSPS) is 13.5. The molecule has 9 nitrogen and oxygen atoms in total. The van der Waals surface area contributed by atoms with Crippen LogP contribution in [0.4, 0.5) is 17.5 Å². The van der Waals surface area contributed by atoms with Gasteiger partial charge in [-0.1, -0.05) is 0 Å². The Balaban J connectivity index is 1.62. The van der Waals surface area contributed by atoms with Crippen molar-refractivity contribution >= 4 is 34.7 Å². The highest BCUT2D eigenvalue weighted by Crippen LogP contribution is 2.33. The maximum absolute atomic E-state index is 11.8. The number of nitrogens with zero attached hydrogens (tertiary/aromatic N) is 4. The maximum atomic E-state index is 11.8. The van der Waals surface area contributed by atoms with Crippen LogP contribution in [0.2, 0.25) is 0 Å². The number of hydrogen-bond acceptors (Lipinski definition) is 9. The second-order valence-corrected chi connectivity index (χ2v) is 8.01. The van der Waals surface area contributed by atoms with Crippen molar-refractivity contribution in [3.05, 3.63) is 51.6 Å². The van der Waals surface area contributed by atoms with Gasteiger partial charge in [0.15, 0.2) is 0 Å². The summed E-state index contributed by atoms with van der Waals surface area (Å²) in [7, 11) is 3.74.